The number of anilines is 1. The van der Waals surface area contributed by atoms with Crippen LogP contribution in [0.2, 0.25) is 0 Å². The van der Waals surface area contributed by atoms with Crippen molar-refractivity contribution >= 4 is 29.5 Å². The highest BCUT2D eigenvalue weighted by Gasteiger charge is 2.28. The highest BCUT2D eigenvalue weighted by atomic mass is 35.5. The fraction of sp³-hybridized carbons (Fsp3) is 0.417. The van der Waals surface area contributed by atoms with Gasteiger partial charge >= 0.3 is 0 Å². The largest absolute Gasteiger partial charge is 0.388 e. The van der Waals surface area contributed by atoms with Gasteiger partial charge in [-0.15, -0.1) is 0 Å². The number of amides is 1. The van der Waals surface area contributed by atoms with Gasteiger partial charge in [-0.3, -0.25) is 9.69 Å². The first-order chi connectivity index (χ1) is 15.4. The van der Waals surface area contributed by atoms with Crippen molar-refractivity contribution in [2.75, 3.05) is 38.5 Å². The van der Waals surface area contributed by atoms with E-state index in [1.54, 1.807) is 12.2 Å². The predicted octanol–water partition coefficient (Wildman–Crippen LogP) is 2.46. The summed E-state index contributed by atoms with van der Waals surface area (Å²) in [6.07, 6.45) is 6.89. The molecule has 1 aromatic rings. The van der Waals surface area contributed by atoms with Crippen LogP contribution in [0.15, 0.2) is 59.8 Å². The van der Waals surface area contributed by atoms with E-state index in [9.17, 15) is 9.59 Å². The number of nitrogens with zero attached hydrogens (tertiary/aromatic N) is 2. The molecule has 2 rings (SSSR count). The molecule has 7 nitrogen and oxygen atoms in total. The predicted molar refractivity (Wildman–Crippen MR) is 131 cm³/mol. The summed E-state index contributed by atoms with van der Waals surface area (Å²) in [6.45, 7) is 7.94. The Kier molecular flexibility index (Phi) is 10.5. The zero-order valence-electron chi connectivity index (χ0n) is 18.9. The standard InChI is InChI=1S/C24H34ClN5O2/c1-4-20(25)8-5-18(2)30(15-23(17-31)29-12-11-21(26)14-29)16-24(32)28-13-19-6-9-22(27-3)10-7-19/h4-10,17,21,23,27H,1,11-16,26H2,2-3H3,(H,28,32)/b18-5+,20-8+. The summed E-state index contributed by atoms with van der Waals surface area (Å²) in [6, 6.07) is 7.60. The Morgan fingerprint density at radius 2 is 2.09 bits per heavy atom. The molecule has 0 aliphatic carbocycles. The summed E-state index contributed by atoms with van der Waals surface area (Å²) in [5.41, 5.74) is 8.87. The molecular weight excluding hydrogens is 426 g/mol. The van der Waals surface area contributed by atoms with Crippen LogP contribution >= 0.6 is 11.6 Å². The molecule has 2 unspecified atom stereocenters. The van der Waals surface area contributed by atoms with E-state index in [1.807, 2.05) is 49.2 Å². The Hall–Kier alpha value is -2.61. The molecule has 1 fully saturated rings. The number of benzene rings is 1. The van der Waals surface area contributed by atoms with Crippen LogP contribution < -0.4 is 16.4 Å². The van der Waals surface area contributed by atoms with Gasteiger partial charge in [-0.2, -0.15) is 0 Å². The maximum atomic E-state index is 12.7. The van der Waals surface area contributed by atoms with E-state index in [-0.39, 0.29) is 24.5 Å². The molecule has 8 heteroatoms. The summed E-state index contributed by atoms with van der Waals surface area (Å²) in [7, 11) is 1.86. The van der Waals surface area contributed by atoms with Gasteiger partial charge in [-0.25, -0.2) is 0 Å². The zero-order chi connectivity index (χ0) is 23.5. The van der Waals surface area contributed by atoms with Gasteiger partial charge in [0.1, 0.15) is 6.29 Å². The normalized spacial score (nSPS) is 18.2. The average Bonchev–Trinajstić information content (AvgIpc) is 3.24. The van der Waals surface area contributed by atoms with Crippen LogP contribution in [0.5, 0.6) is 0 Å². The third-order valence-electron chi connectivity index (χ3n) is 5.53. The number of carbonyl (C=O) groups is 2. The lowest BCUT2D eigenvalue weighted by atomic mass is 10.2. The molecule has 1 heterocycles. The number of rotatable bonds is 12. The second kappa shape index (κ2) is 13.1. The van der Waals surface area contributed by atoms with Gasteiger partial charge in [0.05, 0.1) is 12.6 Å². The fourth-order valence-corrected chi connectivity index (χ4v) is 3.58. The van der Waals surface area contributed by atoms with Gasteiger partial charge in [0, 0.05) is 55.7 Å². The first kappa shape index (κ1) is 25.6. The maximum Gasteiger partial charge on any atom is 0.239 e. The number of nitrogens with one attached hydrogen (secondary N) is 2. The van der Waals surface area contributed by atoms with E-state index < -0.39 is 0 Å². The Labute approximate surface area is 196 Å². The number of hydrogen-bond acceptors (Lipinski definition) is 6. The van der Waals surface area contributed by atoms with Crippen LogP contribution in [0.3, 0.4) is 0 Å². The van der Waals surface area contributed by atoms with Gasteiger partial charge in [0.2, 0.25) is 5.91 Å². The van der Waals surface area contributed by atoms with E-state index in [2.05, 4.69) is 22.1 Å². The lowest BCUT2D eigenvalue weighted by Gasteiger charge is -2.31. The van der Waals surface area contributed by atoms with Crippen LogP contribution in [0.4, 0.5) is 5.69 Å². The van der Waals surface area contributed by atoms with Crippen molar-refractivity contribution in [2.45, 2.75) is 32.0 Å². The highest BCUT2D eigenvalue weighted by Crippen LogP contribution is 2.15. The monoisotopic (exact) mass is 459 g/mol. The minimum Gasteiger partial charge on any atom is -0.388 e. The van der Waals surface area contributed by atoms with E-state index in [0.29, 0.717) is 24.7 Å². The Morgan fingerprint density at radius 1 is 1.38 bits per heavy atom. The van der Waals surface area contributed by atoms with Crippen molar-refractivity contribution in [1.29, 1.82) is 0 Å². The molecule has 1 amide bonds. The van der Waals surface area contributed by atoms with Crippen LogP contribution in [-0.4, -0.2) is 67.3 Å². The molecule has 2 atom stereocenters. The van der Waals surface area contributed by atoms with E-state index in [4.69, 9.17) is 17.3 Å². The number of allylic oxidation sites excluding steroid dienone is 5. The van der Waals surface area contributed by atoms with Crippen molar-refractivity contribution in [3.8, 4) is 0 Å². The van der Waals surface area contributed by atoms with Crippen LogP contribution in [0, 0.1) is 0 Å². The molecule has 174 valence electrons. The highest BCUT2D eigenvalue weighted by molar-refractivity contribution is 6.31. The third-order valence-corrected chi connectivity index (χ3v) is 5.81. The molecule has 1 saturated heterocycles. The SMILES string of the molecule is C=C/C(Cl)=C\C=C(/C)N(CC(=O)NCc1ccc(NC)cc1)CC(C=O)N1CCC(N)C1. The van der Waals surface area contributed by atoms with Crippen molar-refractivity contribution < 1.29 is 9.59 Å². The van der Waals surface area contributed by atoms with E-state index >= 15 is 0 Å². The lowest BCUT2D eigenvalue weighted by Crippen LogP contribution is -2.47. The quantitative estimate of drug-likeness (QED) is 0.328. The molecule has 0 bridgehead atoms. The second-order valence-electron chi connectivity index (χ2n) is 7.92. The molecule has 1 aliphatic heterocycles. The zero-order valence-corrected chi connectivity index (χ0v) is 19.6. The second-order valence-corrected chi connectivity index (χ2v) is 8.35. The number of carbonyl (C=O) groups excluding carboxylic acids is 2. The summed E-state index contributed by atoms with van der Waals surface area (Å²) >= 11 is 6.03. The average molecular weight is 460 g/mol. The van der Waals surface area contributed by atoms with Gasteiger partial charge in [-0.05, 0) is 43.2 Å². The van der Waals surface area contributed by atoms with Crippen LogP contribution in [0.1, 0.15) is 18.9 Å². The molecule has 1 aromatic carbocycles. The topological polar surface area (TPSA) is 90.7 Å². The van der Waals surface area contributed by atoms with Gasteiger partial charge in [-0.1, -0.05) is 36.4 Å². The van der Waals surface area contributed by atoms with Crippen molar-refractivity contribution in [1.82, 2.24) is 15.1 Å². The number of aldehydes is 1. The summed E-state index contributed by atoms with van der Waals surface area (Å²) in [5, 5.41) is 6.52. The maximum absolute atomic E-state index is 12.7. The van der Waals surface area contributed by atoms with Gasteiger partial charge in [0.25, 0.3) is 0 Å². The molecule has 0 spiro atoms. The Bertz CT molecular complexity index is 837. The van der Waals surface area contributed by atoms with Crippen molar-refractivity contribution in [3.63, 3.8) is 0 Å². The smallest absolute Gasteiger partial charge is 0.239 e. The number of halogens is 1. The summed E-state index contributed by atoms with van der Waals surface area (Å²) in [5.74, 6) is -0.128. The molecule has 0 aromatic heterocycles. The van der Waals surface area contributed by atoms with Crippen LogP contribution in [-0.2, 0) is 16.1 Å². The van der Waals surface area contributed by atoms with Gasteiger partial charge in [0.15, 0.2) is 0 Å². The van der Waals surface area contributed by atoms with E-state index in [0.717, 1.165) is 36.2 Å². The fourth-order valence-electron chi connectivity index (χ4n) is 3.51. The molecule has 4 N–H and O–H groups in total. The van der Waals surface area contributed by atoms with Crippen molar-refractivity contribution in [3.05, 3.63) is 65.4 Å². The summed E-state index contributed by atoms with van der Waals surface area (Å²) in [4.78, 5) is 28.5. The molecule has 0 saturated carbocycles. The number of nitrogens with two attached hydrogens (primary N) is 1. The molecule has 1 aliphatic rings. The van der Waals surface area contributed by atoms with Gasteiger partial charge < -0.3 is 26.1 Å². The number of likely N-dealkylation sites (tertiary alicyclic amines) is 1. The molecular formula is C24H34ClN5O2. The first-order valence-corrected chi connectivity index (χ1v) is 11.1. The lowest BCUT2D eigenvalue weighted by molar-refractivity contribution is -0.122. The summed E-state index contributed by atoms with van der Waals surface area (Å²) < 4.78 is 0. The first-order valence-electron chi connectivity index (χ1n) is 10.8. The molecule has 32 heavy (non-hydrogen) atoms. The van der Waals surface area contributed by atoms with Crippen LogP contribution in [0.25, 0.3) is 0 Å². The van der Waals surface area contributed by atoms with E-state index in [1.165, 1.54) is 0 Å². The third kappa shape index (κ3) is 8.15. The Balaban J connectivity index is 2.07. The van der Waals surface area contributed by atoms with Crippen molar-refractivity contribution in [2.24, 2.45) is 5.73 Å². The minimum atomic E-state index is -0.340. The Morgan fingerprint density at radius 3 is 2.66 bits per heavy atom. The number of hydrogen-bond donors (Lipinski definition) is 3. The minimum absolute atomic E-state index is 0.0782. The molecule has 0 radical (unpaired) electrons.